The molecule has 0 atom stereocenters. The molecule has 0 spiro atoms. The van der Waals surface area contributed by atoms with Crippen LogP contribution in [-0.2, 0) is 13.0 Å². The number of pyridine rings is 1. The van der Waals surface area contributed by atoms with E-state index < -0.39 is 0 Å². The highest BCUT2D eigenvalue weighted by Gasteiger charge is 2.17. The maximum atomic E-state index is 6.24. The number of methoxy groups -OCH3 is 6. The fourth-order valence-corrected chi connectivity index (χ4v) is 4.92. The minimum absolute atomic E-state index is 0.234. The highest BCUT2D eigenvalue weighted by Crippen LogP contribution is 2.40. The molecule has 0 aliphatic heterocycles. The van der Waals surface area contributed by atoms with Gasteiger partial charge >= 0.3 is 0 Å². The van der Waals surface area contributed by atoms with E-state index in [2.05, 4.69) is 6.92 Å². The van der Waals surface area contributed by atoms with Crippen LogP contribution in [0.25, 0.3) is 24.3 Å². The number of aromatic nitrogens is 1. The SMILES string of the molecule is CCc1cc(OC)c(COc2c(OC)cc(/C=C/c3cccc(/C=C/c4cc(OC)c(C)c(OC)c4)n3)cc2OC)cc1OC. The van der Waals surface area contributed by atoms with E-state index in [0.29, 0.717) is 17.2 Å². The van der Waals surface area contributed by atoms with E-state index in [1.165, 1.54) is 0 Å². The number of rotatable bonds is 14. The first kappa shape index (κ1) is 32.8. The highest BCUT2D eigenvalue weighted by atomic mass is 16.5. The molecule has 4 aromatic rings. The Morgan fingerprint density at radius 2 is 1.00 bits per heavy atom. The van der Waals surface area contributed by atoms with Crippen molar-refractivity contribution in [3.05, 3.63) is 93.8 Å². The molecule has 4 rings (SSSR count). The van der Waals surface area contributed by atoms with Gasteiger partial charge < -0.3 is 33.2 Å². The number of hydrogen-bond acceptors (Lipinski definition) is 8. The molecule has 8 heteroatoms. The van der Waals surface area contributed by atoms with Crippen LogP contribution < -0.4 is 33.2 Å². The maximum absolute atomic E-state index is 6.24. The van der Waals surface area contributed by atoms with Crippen molar-refractivity contribution in [2.24, 2.45) is 0 Å². The Labute approximate surface area is 265 Å². The van der Waals surface area contributed by atoms with Crippen molar-refractivity contribution in [1.29, 1.82) is 0 Å². The van der Waals surface area contributed by atoms with Crippen LogP contribution in [0.3, 0.4) is 0 Å². The van der Waals surface area contributed by atoms with Gasteiger partial charge in [-0.1, -0.05) is 25.1 Å². The monoisotopic (exact) mass is 611 g/mol. The standard InChI is InChI=1S/C37H41NO7/c1-9-27-21-34(42-6)28(22-33(27)41-5)23-45-37-35(43-7)19-26(20-36(37)44-8)14-16-30-12-10-11-29(38-30)15-13-25-17-31(39-3)24(2)32(18-25)40-4/h10-22H,9,23H2,1-8H3/b15-13+,16-14+. The first-order chi connectivity index (χ1) is 21.9. The fraction of sp³-hybridized carbons (Fsp3) is 0.270. The second-order valence-electron chi connectivity index (χ2n) is 10.1. The number of aryl methyl sites for hydroxylation is 1. The fourth-order valence-electron chi connectivity index (χ4n) is 4.92. The van der Waals surface area contributed by atoms with Gasteiger partial charge in [-0.2, -0.15) is 0 Å². The minimum atomic E-state index is 0.234. The molecule has 8 nitrogen and oxygen atoms in total. The third kappa shape index (κ3) is 7.89. The average Bonchev–Trinajstić information content (AvgIpc) is 3.08. The van der Waals surface area contributed by atoms with Crippen LogP contribution in [0.2, 0.25) is 0 Å². The van der Waals surface area contributed by atoms with E-state index in [1.807, 2.05) is 85.8 Å². The van der Waals surface area contributed by atoms with Crippen molar-refractivity contribution in [3.63, 3.8) is 0 Å². The lowest BCUT2D eigenvalue weighted by atomic mass is 10.1. The lowest BCUT2D eigenvalue weighted by Crippen LogP contribution is -2.04. The third-order valence-electron chi connectivity index (χ3n) is 7.38. The van der Waals surface area contributed by atoms with E-state index in [9.17, 15) is 0 Å². The van der Waals surface area contributed by atoms with Crippen LogP contribution in [0.1, 0.15) is 46.1 Å². The second kappa shape index (κ2) is 15.6. The summed E-state index contributed by atoms with van der Waals surface area (Å²) in [5.74, 6) is 4.64. The van der Waals surface area contributed by atoms with E-state index >= 15 is 0 Å². The van der Waals surface area contributed by atoms with Crippen molar-refractivity contribution in [2.45, 2.75) is 26.9 Å². The normalized spacial score (nSPS) is 11.1. The quantitative estimate of drug-likeness (QED) is 0.142. The van der Waals surface area contributed by atoms with Crippen LogP contribution >= 0.6 is 0 Å². The molecule has 0 saturated heterocycles. The summed E-state index contributed by atoms with van der Waals surface area (Å²) in [5.41, 5.74) is 6.30. The molecule has 0 saturated carbocycles. The summed E-state index contributed by atoms with van der Waals surface area (Å²) in [6.45, 7) is 4.28. The summed E-state index contributed by atoms with van der Waals surface area (Å²) in [5, 5.41) is 0. The summed E-state index contributed by atoms with van der Waals surface area (Å²) in [6, 6.07) is 17.5. The van der Waals surface area contributed by atoms with Crippen molar-refractivity contribution in [1.82, 2.24) is 4.98 Å². The van der Waals surface area contributed by atoms with E-state index in [0.717, 1.165) is 68.6 Å². The molecular formula is C37H41NO7. The average molecular weight is 612 g/mol. The van der Waals surface area contributed by atoms with E-state index in [4.69, 9.17) is 38.1 Å². The third-order valence-corrected chi connectivity index (χ3v) is 7.38. The van der Waals surface area contributed by atoms with E-state index in [1.54, 1.807) is 42.7 Å². The van der Waals surface area contributed by atoms with Gasteiger partial charge in [-0.3, -0.25) is 0 Å². The molecule has 0 radical (unpaired) electrons. The van der Waals surface area contributed by atoms with Gasteiger partial charge in [0.25, 0.3) is 0 Å². The van der Waals surface area contributed by atoms with Crippen molar-refractivity contribution in [3.8, 4) is 40.2 Å². The summed E-state index contributed by atoms with van der Waals surface area (Å²) < 4.78 is 39.8. The van der Waals surface area contributed by atoms with Crippen molar-refractivity contribution >= 4 is 24.3 Å². The first-order valence-electron chi connectivity index (χ1n) is 14.6. The number of hydrogen-bond donors (Lipinski definition) is 0. The van der Waals surface area contributed by atoms with Gasteiger partial charge in [-0.25, -0.2) is 4.98 Å². The molecule has 45 heavy (non-hydrogen) atoms. The van der Waals surface area contributed by atoms with Gasteiger partial charge in [0.05, 0.1) is 54.0 Å². The first-order valence-corrected chi connectivity index (χ1v) is 14.6. The molecule has 0 fully saturated rings. The van der Waals surface area contributed by atoms with Crippen LogP contribution in [0.5, 0.6) is 40.2 Å². The van der Waals surface area contributed by atoms with Gasteiger partial charge in [0.2, 0.25) is 5.75 Å². The number of benzene rings is 3. The molecule has 236 valence electrons. The Balaban J connectivity index is 1.55. The lowest BCUT2D eigenvalue weighted by molar-refractivity contribution is 0.260. The predicted molar refractivity (Wildman–Crippen MR) is 179 cm³/mol. The van der Waals surface area contributed by atoms with Gasteiger partial charge in [0.15, 0.2) is 11.5 Å². The van der Waals surface area contributed by atoms with E-state index in [-0.39, 0.29) is 6.61 Å². The molecule has 0 aliphatic carbocycles. The smallest absolute Gasteiger partial charge is 0.203 e. The van der Waals surface area contributed by atoms with Gasteiger partial charge in [-0.15, -0.1) is 0 Å². The Morgan fingerprint density at radius 1 is 0.556 bits per heavy atom. The molecule has 0 bridgehead atoms. The van der Waals surface area contributed by atoms with Gasteiger partial charge in [0.1, 0.15) is 29.6 Å². The van der Waals surface area contributed by atoms with Crippen LogP contribution in [0.15, 0.2) is 54.6 Å². The number of nitrogens with zero attached hydrogens (tertiary/aromatic N) is 1. The molecule has 0 unspecified atom stereocenters. The van der Waals surface area contributed by atoms with Crippen LogP contribution in [0, 0.1) is 6.92 Å². The Morgan fingerprint density at radius 3 is 1.47 bits per heavy atom. The van der Waals surface area contributed by atoms with Crippen molar-refractivity contribution < 1.29 is 33.2 Å². The van der Waals surface area contributed by atoms with Crippen LogP contribution in [0.4, 0.5) is 0 Å². The zero-order valence-electron chi connectivity index (χ0n) is 27.2. The van der Waals surface area contributed by atoms with Gasteiger partial charge in [0, 0.05) is 11.1 Å². The topological polar surface area (TPSA) is 77.5 Å². The summed E-state index contributed by atoms with van der Waals surface area (Å²) >= 11 is 0. The zero-order chi connectivity index (χ0) is 32.3. The highest BCUT2D eigenvalue weighted by molar-refractivity contribution is 5.74. The maximum Gasteiger partial charge on any atom is 0.203 e. The molecule has 3 aromatic carbocycles. The second-order valence-corrected chi connectivity index (χ2v) is 10.1. The Kier molecular flexibility index (Phi) is 11.3. The van der Waals surface area contributed by atoms with Crippen molar-refractivity contribution in [2.75, 3.05) is 42.7 Å². The largest absolute Gasteiger partial charge is 0.496 e. The Hall–Kier alpha value is -5.11. The predicted octanol–water partition coefficient (Wildman–Crippen LogP) is 7.92. The zero-order valence-corrected chi connectivity index (χ0v) is 27.2. The summed E-state index contributed by atoms with van der Waals surface area (Å²) in [7, 11) is 9.82. The molecule has 1 aromatic heterocycles. The molecule has 1 heterocycles. The Bertz CT molecular complexity index is 1630. The van der Waals surface area contributed by atoms with Gasteiger partial charge in [-0.05, 0) is 90.7 Å². The molecule has 0 N–H and O–H groups in total. The summed E-state index contributed by atoms with van der Waals surface area (Å²) in [4.78, 5) is 4.77. The number of ether oxygens (including phenoxy) is 7. The van der Waals surface area contributed by atoms with Crippen LogP contribution in [-0.4, -0.2) is 47.6 Å². The lowest BCUT2D eigenvalue weighted by Gasteiger charge is -2.18. The molecule has 0 amide bonds. The molecular weight excluding hydrogens is 570 g/mol. The minimum Gasteiger partial charge on any atom is -0.496 e. The summed E-state index contributed by atoms with van der Waals surface area (Å²) in [6.07, 6.45) is 8.67. The molecule has 0 aliphatic rings.